The molecule has 0 saturated carbocycles. The van der Waals surface area contributed by atoms with Crippen LogP contribution in [0.2, 0.25) is 0 Å². The average Bonchev–Trinajstić information content (AvgIpc) is 2.41. The van der Waals surface area contributed by atoms with Gasteiger partial charge in [0.15, 0.2) is 5.78 Å². The van der Waals surface area contributed by atoms with Gasteiger partial charge >= 0.3 is 5.69 Å². The fourth-order valence-corrected chi connectivity index (χ4v) is 2.03. The Hall–Kier alpha value is -1.96. The summed E-state index contributed by atoms with van der Waals surface area (Å²) in [6.45, 7) is 1.94. The Morgan fingerprint density at radius 2 is 1.80 bits per heavy atom. The number of allylic oxidation sites excluding steroid dienone is 1. The lowest BCUT2D eigenvalue weighted by Crippen LogP contribution is -2.25. The molecule has 0 amide bonds. The summed E-state index contributed by atoms with van der Waals surface area (Å²) in [5.41, 5.74) is 0.863. The zero-order chi connectivity index (χ0) is 14.7. The lowest BCUT2D eigenvalue weighted by atomic mass is 10.1. The van der Waals surface area contributed by atoms with Gasteiger partial charge in [-0.2, -0.15) is 0 Å². The Labute approximate surface area is 127 Å². The van der Waals surface area contributed by atoms with Crippen molar-refractivity contribution in [2.24, 2.45) is 0 Å². The third-order valence-electron chi connectivity index (χ3n) is 2.65. The maximum Gasteiger partial charge on any atom is 0.326 e. The smallest absolute Gasteiger partial charge is 0.306 e. The van der Waals surface area contributed by atoms with E-state index in [4.69, 9.17) is 0 Å². The maximum absolute atomic E-state index is 11.9. The topological polar surface area (TPSA) is 82.8 Å². The molecule has 20 heavy (non-hydrogen) atoms. The first-order valence-electron chi connectivity index (χ1n) is 5.78. The normalized spacial score (nSPS) is 10.9. The molecule has 2 rings (SSSR count). The van der Waals surface area contributed by atoms with Crippen LogP contribution in [0.15, 0.2) is 39.9 Å². The number of rotatable bonds is 3. The molecule has 1 aromatic heterocycles. The van der Waals surface area contributed by atoms with Crippen molar-refractivity contribution >= 4 is 34.5 Å². The lowest BCUT2D eigenvalue weighted by molar-refractivity contribution is 0.104. The molecule has 0 atom stereocenters. The molecule has 1 heterocycles. The zero-order valence-electron chi connectivity index (χ0n) is 10.6. The second-order valence-corrected chi connectivity index (χ2v) is 5.28. The third-order valence-corrected chi connectivity index (χ3v) is 3.72. The van der Waals surface area contributed by atoms with Crippen LogP contribution in [0.5, 0.6) is 0 Å². The molecule has 5 nitrogen and oxygen atoms in total. The lowest BCUT2D eigenvalue weighted by Gasteiger charge is -1.98. The van der Waals surface area contributed by atoms with E-state index < -0.39 is 11.2 Å². The first-order valence-corrected chi connectivity index (χ1v) is 6.86. The standard InChI is InChI=1S/C14H11IN2O3/c1-8-2-4-9(5-3-8)11(18)7-6-10-12(15)13(19)17-14(20)16-10/h2-7H,1H3,(H2,16,17,19,20)/b7-6+. The average molecular weight is 382 g/mol. The first kappa shape index (κ1) is 14.4. The number of aromatic nitrogens is 2. The molecule has 6 heteroatoms. The van der Waals surface area contributed by atoms with Gasteiger partial charge in [0.05, 0.1) is 5.69 Å². The molecule has 102 valence electrons. The fraction of sp³-hybridized carbons (Fsp3) is 0.0714. The van der Waals surface area contributed by atoms with Crippen molar-refractivity contribution in [1.29, 1.82) is 0 Å². The van der Waals surface area contributed by atoms with Crippen molar-refractivity contribution in [3.05, 3.63) is 71.6 Å². The van der Waals surface area contributed by atoms with Gasteiger partial charge in [-0.05, 0) is 41.7 Å². The van der Waals surface area contributed by atoms with Gasteiger partial charge in [-0.15, -0.1) is 0 Å². The predicted octanol–water partition coefficient (Wildman–Crippen LogP) is 1.87. The molecule has 0 aliphatic rings. The molecule has 2 N–H and O–H groups in total. The molecule has 0 radical (unpaired) electrons. The minimum Gasteiger partial charge on any atom is -0.306 e. The number of hydrogen-bond acceptors (Lipinski definition) is 3. The molecule has 0 bridgehead atoms. The van der Waals surface area contributed by atoms with Crippen molar-refractivity contribution in [3.63, 3.8) is 0 Å². The summed E-state index contributed by atoms with van der Waals surface area (Å²) in [4.78, 5) is 39.1. The van der Waals surface area contributed by atoms with Gasteiger partial charge in [-0.25, -0.2) is 4.79 Å². The summed E-state index contributed by atoms with van der Waals surface area (Å²) < 4.78 is 0.329. The van der Waals surface area contributed by atoms with Crippen molar-refractivity contribution in [1.82, 2.24) is 9.97 Å². The van der Waals surface area contributed by atoms with Crippen molar-refractivity contribution in [2.45, 2.75) is 6.92 Å². The number of H-pyrrole nitrogens is 2. The van der Waals surface area contributed by atoms with Gasteiger partial charge in [0, 0.05) is 5.56 Å². The maximum atomic E-state index is 11.9. The summed E-state index contributed by atoms with van der Waals surface area (Å²) >= 11 is 1.81. The summed E-state index contributed by atoms with van der Waals surface area (Å²) in [7, 11) is 0. The number of carbonyl (C=O) groups excluding carboxylic acids is 1. The van der Waals surface area contributed by atoms with E-state index in [2.05, 4.69) is 9.97 Å². The van der Waals surface area contributed by atoms with E-state index in [0.717, 1.165) is 5.56 Å². The van der Waals surface area contributed by atoms with Crippen LogP contribution >= 0.6 is 22.6 Å². The molecule has 0 saturated heterocycles. The van der Waals surface area contributed by atoms with Crippen LogP contribution in [-0.2, 0) is 0 Å². The summed E-state index contributed by atoms with van der Waals surface area (Å²) in [6.07, 6.45) is 2.76. The third kappa shape index (κ3) is 3.32. The number of benzene rings is 1. The molecule has 0 aliphatic carbocycles. The minimum atomic E-state index is -0.599. The predicted molar refractivity (Wildman–Crippen MR) is 84.9 cm³/mol. The van der Waals surface area contributed by atoms with Crippen LogP contribution in [0.3, 0.4) is 0 Å². The minimum absolute atomic E-state index is 0.193. The van der Waals surface area contributed by atoms with Crippen LogP contribution in [0.25, 0.3) is 6.08 Å². The van der Waals surface area contributed by atoms with Gasteiger partial charge in [0.25, 0.3) is 5.56 Å². The SMILES string of the molecule is Cc1ccc(C(=O)/C=C/c2[nH]c(=O)[nH]c(=O)c2I)cc1. The quantitative estimate of drug-likeness (QED) is 0.483. The van der Waals surface area contributed by atoms with Gasteiger partial charge in [0.1, 0.15) is 3.57 Å². The number of aryl methyl sites for hydroxylation is 1. The highest BCUT2D eigenvalue weighted by atomic mass is 127. The van der Waals surface area contributed by atoms with Crippen LogP contribution in [-0.4, -0.2) is 15.8 Å². The second-order valence-electron chi connectivity index (χ2n) is 4.20. The van der Waals surface area contributed by atoms with Crippen LogP contribution < -0.4 is 11.2 Å². The summed E-state index contributed by atoms with van der Waals surface area (Å²) in [6, 6.07) is 7.15. The van der Waals surface area contributed by atoms with Gasteiger partial charge < -0.3 is 4.98 Å². The molecular formula is C14H11IN2O3. The highest BCUT2D eigenvalue weighted by Crippen LogP contribution is 2.08. The Bertz CT molecular complexity index is 785. The Kier molecular flexibility index (Phi) is 4.33. The van der Waals surface area contributed by atoms with Crippen LogP contribution in [0.1, 0.15) is 21.6 Å². The molecule has 1 aromatic carbocycles. The Morgan fingerprint density at radius 3 is 2.45 bits per heavy atom. The monoisotopic (exact) mass is 382 g/mol. The van der Waals surface area contributed by atoms with E-state index in [1.54, 1.807) is 12.1 Å². The number of nitrogens with one attached hydrogen (secondary N) is 2. The Morgan fingerprint density at radius 1 is 1.15 bits per heavy atom. The van der Waals surface area contributed by atoms with E-state index in [0.29, 0.717) is 14.8 Å². The second kappa shape index (κ2) is 6.00. The number of ketones is 1. The van der Waals surface area contributed by atoms with Crippen molar-refractivity contribution < 1.29 is 4.79 Å². The molecule has 2 aromatic rings. The van der Waals surface area contributed by atoms with Gasteiger partial charge in [0.2, 0.25) is 0 Å². The molecule has 0 aliphatic heterocycles. The largest absolute Gasteiger partial charge is 0.326 e. The van der Waals surface area contributed by atoms with E-state index >= 15 is 0 Å². The van der Waals surface area contributed by atoms with E-state index in [9.17, 15) is 14.4 Å². The number of aromatic amines is 2. The van der Waals surface area contributed by atoms with E-state index in [-0.39, 0.29) is 5.78 Å². The number of halogens is 1. The first-order chi connectivity index (χ1) is 9.47. The van der Waals surface area contributed by atoms with E-state index in [1.807, 2.05) is 41.6 Å². The van der Waals surface area contributed by atoms with Gasteiger partial charge in [-0.3, -0.25) is 14.6 Å². The highest BCUT2D eigenvalue weighted by Gasteiger charge is 2.05. The molecule has 0 unspecified atom stereocenters. The fourth-order valence-electron chi connectivity index (χ4n) is 1.58. The summed E-state index contributed by atoms with van der Waals surface area (Å²) in [5.74, 6) is -0.193. The molecule has 0 fully saturated rings. The number of carbonyl (C=O) groups is 1. The van der Waals surface area contributed by atoms with Crippen LogP contribution in [0.4, 0.5) is 0 Å². The summed E-state index contributed by atoms with van der Waals surface area (Å²) in [5, 5.41) is 0. The Balaban J connectivity index is 2.30. The zero-order valence-corrected chi connectivity index (χ0v) is 12.7. The van der Waals surface area contributed by atoms with Gasteiger partial charge in [-0.1, -0.05) is 29.8 Å². The highest BCUT2D eigenvalue weighted by molar-refractivity contribution is 14.1. The van der Waals surface area contributed by atoms with E-state index in [1.165, 1.54) is 12.2 Å². The van der Waals surface area contributed by atoms with Crippen molar-refractivity contribution in [2.75, 3.05) is 0 Å². The molecular weight excluding hydrogens is 371 g/mol. The van der Waals surface area contributed by atoms with Crippen LogP contribution in [0, 0.1) is 10.5 Å². The van der Waals surface area contributed by atoms with Crippen molar-refractivity contribution in [3.8, 4) is 0 Å². The molecule has 0 spiro atoms. The number of hydrogen-bond donors (Lipinski definition) is 2.